The van der Waals surface area contributed by atoms with E-state index >= 15 is 0 Å². The van der Waals surface area contributed by atoms with Crippen LogP contribution in [0, 0.1) is 4.91 Å². The SMILES string of the molecule is NN1CCCC1COc1nc2c(c(N3CCNC[C@@H]3N=O)n1)CCN(c1cccc3cccc(Cl)c13)C2. The molecule has 194 valence electrons. The average molecular weight is 523 g/mol. The fourth-order valence-electron chi connectivity index (χ4n) is 5.67. The minimum Gasteiger partial charge on any atom is -0.462 e. The van der Waals surface area contributed by atoms with Crippen molar-refractivity contribution in [3.05, 3.63) is 57.6 Å². The molecule has 2 atom stereocenters. The van der Waals surface area contributed by atoms with Crippen molar-refractivity contribution >= 4 is 33.9 Å². The molecule has 0 aliphatic carbocycles. The van der Waals surface area contributed by atoms with Crippen molar-refractivity contribution in [2.45, 2.75) is 38.0 Å². The Hall–Kier alpha value is -3.05. The molecule has 0 spiro atoms. The number of nitrogens with zero attached hydrogens (tertiary/aromatic N) is 6. The van der Waals surface area contributed by atoms with Gasteiger partial charge in [0.15, 0.2) is 6.17 Å². The number of ether oxygens (including phenoxy) is 1. The van der Waals surface area contributed by atoms with E-state index in [1.54, 1.807) is 0 Å². The van der Waals surface area contributed by atoms with Crippen LogP contribution in [-0.2, 0) is 13.0 Å². The molecule has 2 fully saturated rings. The summed E-state index contributed by atoms with van der Waals surface area (Å²) in [6.45, 7) is 4.54. The van der Waals surface area contributed by atoms with E-state index in [2.05, 4.69) is 39.7 Å². The first kappa shape index (κ1) is 24.3. The van der Waals surface area contributed by atoms with E-state index in [0.29, 0.717) is 32.3 Å². The first-order chi connectivity index (χ1) is 18.1. The molecule has 0 saturated carbocycles. The molecule has 4 heterocycles. The number of nitrogens with two attached hydrogens (primary N) is 1. The van der Waals surface area contributed by atoms with Crippen LogP contribution in [0.5, 0.6) is 6.01 Å². The third-order valence-corrected chi connectivity index (χ3v) is 7.95. The van der Waals surface area contributed by atoms with Gasteiger partial charge in [0.1, 0.15) is 12.4 Å². The zero-order chi connectivity index (χ0) is 25.4. The molecule has 3 N–H and O–H groups in total. The van der Waals surface area contributed by atoms with E-state index in [0.717, 1.165) is 77.5 Å². The second kappa shape index (κ2) is 10.4. The van der Waals surface area contributed by atoms with E-state index in [-0.39, 0.29) is 6.04 Å². The van der Waals surface area contributed by atoms with Gasteiger partial charge in [-0.05, 0) is 42.0 Å². The Morgan fingerprint density at radius 2 is 2.03 bits per heavy atom. The van der Waals surface area contributed by atoms with Gasteiger partial charge in [-0.25, -0.2) is 5.01 Å². The van der Waals surface area contributed by atoms with Crippen LogP contribution in [0.1, 0.15) is 24.1 Å². The molecule has 1 aromatic heterocycles. The molecular formula is C26H31ClN8O2. The van der Waals surface area contributed by atoms with Crippen LogP contribution in [-0.4, -0.2) is 66.5 Å². The molecule has 37 heavy (non-hydrogen) atoms. The highest BCUT2D eigenvalue weighted by Gasteiger charge is 2.32. The number of anilines is 2. The summed E-state index contributed by atoms with van der Waals surface area (Å²) < 4.78 is 6.12. The van der Waals surface area contributed by atoms with E-state index in [1.807, 2.05) is 22.0 Å². The van der Waals surface area contributed by atoms with Crippen LogP contribution in [0.2, 0.25) is 5.02 Å². The summed E-state index contributed by atoms with van der Waals surface area (Å²) in [5.74, 6) is 6.86. The van der Waals surface area contributed by atoms with Crippen LogP contribution in [0.25, 0.3) is 10.8 Å². The van der Waals surface area contributed by atoms with Gasteiger partial charge in [0, 0.05) is 49.4 Å². The van der Waals surface area contributed by atoms with Crippen molar-refractivity contribution in [2.24, 2.45) is 11.0 Å². The Morgan fingerprint density at radius 1 is 1.16 bits per heavy atom. The molecule has 2 aromatic carbocycles. The van der Waals surface area contributed by atoms with Gasteiger partial charge >= 0.3 is 6.01 Å². The minimum absolute atomic E-state index is 0.140. The van der Waals surface area contributed by atoms with Crippen molar-refractivity contribution in [3.63, 3.8) is 0 Å². The first-order valence-electron chi connectivity index (χ1n) is 12.9. The molecule has 2 saturated heterocycles. The Morgan fingerprint density at radius 3 is 2.84 bits per heavy atom. The van der Waals surface area contributed by atoms with Crippen molar-refractivity contribution in [3.8, 4) is 6.01 Å². The van der Waals surface area contributed by atoms with Crippen molar-refractivity contribution in [1.82, 2.24) is 20.3 Å². The van der Waals surface area contributed by atoms with Crippen LogP contribution < -0.4 is 25.7 Å². The van der Waals surface area contributed by atoms with Crippen LogP contribution >= 0.6 is 11.6 Å². The summed E-state index contributed by atoms with van der Waals surface area (Å²) in [4.78, 5) is 25.7. The maximum Gasteiger partial charge on any atom is 0.318 e. The number of hydrazine groups is 1. The summed E-state index contributed by atoms with van der Waals surface area (Å²) in [5.41, 5.74) is 3.03. The molecular weight excluding hydrogens is 492 g/mol. The molecule has 0 bridgehead atoms. The zero-order valence-corrected chi connectivity index (χ0v) is 21.4. The van der Waals surface area contributed by atoms with Gasteiger partial charge in [-0.2, -0.15) is 9.97 Å². The van der Waals surface area contributed by atoms with Gasteiger partial charge < -0.3 is 19.9 Å². The molecule has 6 rings (SSSR count). The Balaban J connectivity index is 1.36. The monoisotopic (exact) mass is 522 g/mol. The van der Waals surface area contributed by atoms with Gasteiger partial charge in [0.25, 0.3) is 0 Å². The van der Waals surface area contributed by atoms with Crippen molar-refractivity contribution in [2.75, 3.05) is 49.1 Å². The summed E-state index contributed by atoms with van der Waals surface area (Å²) in [5, 5.41) is 11.3. The number of fused-ring (bicyclic) bond motifs is 2. The second-order valence-electron chi connectivity index (χ2n) is 9.87. The molecule has 1 unspecified atom stereocenters. The van der Waals surface area contributed by atoms with Gasteiger partial charge in [0.2, 0.25) is 0 Å². The molecule has 10 nitrogen and oxygen atoms in total. The van der Waals surface area contributed by atoms with E-state index in [9.17, 15) is 4.91 Å². The van der Waals surface area contributed by atoms with Crippen molar-refractivity contribution < 1.29 is 4.74 Å². The maximum absolute atomic E-state index is 11.7. The highest BCUT2D eigenvalue weighted by molar-refractivity contribution is 6.36. The fraction of sp³-hybridized carbons (Fsp3) is 0.462. The first-order valence-corrected chi connectivity index (χ1v) is 13.3. The normalized spacial score (nSPS) is 22.3. The summed E-state index contributed by atoms with van der Waals surface area (Å²) in [6, 6.07) is 12.7. The highest BCUT2D eigenvalue weighted by Crippen LogP contribution is 2.37. The third kappa shape index (κ3) is 4.70. The van der Waals surface area contributed by atoms with Crippen LogP contribution in [0.15, 0.2) is 41.6 Å². The number of nitrogens with one attached hydrogen (secondary N) is 1. The predicted octanol–water partition coefficient (Wildman–Crippen LogP) is 3.06. The number of hydrogen-bond acceptors (Lipinski definition) is 10. The molecule has 3 aliphatic rings. The lowest BCUT2D eigenvalue weighted by Gasteiger charge is -2.37. The summed E-state index contributed by atoms with van der Waals surface area (Å²) in [7, 11) is 0. The minimum atomic E-state index is -0.523. The van der Waals surface area contributed by atoms with Crippen LogP contribution in [0.4, 0.5) is 11.5 Å². The molecule has 11 heteroatoms. The van der Waals surface area contributed by atoms with Gasteiger partial charge in [-0.1, -0.05) is 35.9 Å². The molecule has 0 amide bonds. The highest BCUT2D eigenvalue weighted by atomic mass is 35.5. The van der Waals surface area contributed by atoms with Gasteiger partial charge in [0.05, 0.1) is 23.3 Å². The molecule has 3 aliphatic heterocycles. The maximum atomic E-state index is 11.7. The predicted molar refractivity (Wildman–Crippen MR) is 145 cm³/mol. The number of nitroso groups, excluding NO2 is 1. The van der Waals surface area contributed by atoms with E-state index in [1.165, 1.54) is 0 Å². The Bertz CT molecular complexity index is 1300. The topological polar surface area (TPSA) is 112 Å². The number of hydrogen-bond donors (Lipinski definition) is 2. The number of piperazine rings is 1. The lowest BCUT2D eigenvalue weighted by Crippen LogP contribution is -2.51. The third-order valence-electron chi connectivity index (χ3n) is 7.63. The standard InChI is InChI=1S/C26H31ClN8O2/c27-20-7-1-4-17-5-2-8-22(24(17)20)33-12-9-19-21(15-33)30-26(37-16-18-6-3-11-35(18)28)31-25(19)34-13-10-29-14-23(34)32-36/h1-2,4-5,7-8,18,23,29H,3,6,9-16,28H2/t18?,23-/m1/s1. The quantitative estimate of drug-likeness (QED) is 0.372. The summed E-state index contributed by atoms with van der Waals surface area (Å²) in [6.07, 6.45) is 2.25. The molecule has 0 radical (unpaired) electrons. The lowest BCUT2D eigenvalue weighted by molar-refractivity contribution is 0.166. The second-order valence-corrected chi connectivity index (χ2v) is 10.3. The number of benzene rings is 2. The van der Waals surface area contributed by atoms with Crippen LogP contribution in [0.3, 0.4) is 0 Å². The fourth-order valence-corrected chi connectivity index (χ4v) is 5.95. The number of halogens is 1. The van der Waals surface area contributed by atoms with Gasteiger partial charge in [-0.3, -0.25) is 5.84 Å². The zero-order valence-electron chi connectivity index (χ0n) is 20.6. The lowest BCUT2D eigenvalue weighted by atomic mass is 10.0. The van der Waals surface area contributed by atoms with Gasteiger partial charge in [-0.15, -0.1) is 4.91 Å². The van der Waals surface area contributed by atoms with Crippen molar-refractivity contribution in [1.29, 1.82) is 0 Å². The van der Waals surface area contributed by atoms with E-state index in [4.69, 9.17) is 32.1 Å². The summed E-state index contributed by atoms with van der Waals surface area (Å²) >= 11 is 6.64. The van der Waals surface area contributed by atoms with E-state index < -0.39 is 6.17 Å². The largest absolute Gasteiger partial charge is 0.462 e. The Kier molecular flexibility index (Phi) is 6.81. The number of aromatic nitrogens is 2. The average Bonchev–Trinajstić information content (AvgIpc) is 3.35. The smallest absolute Gasteiger partial charge is 0.318 e. The molecule has 3 aromatic rings. The Labute approximate surface area is 220 Å². The number of rotatable bonds is 6.